The Morgan fingerprint density at radius 3 is 2.19 bits per heavy atom. The Balaban J connectivity index is 1.29. The van der Waals surface area contributed by atoms with Crippen LogP contribution in [0.1, 0.15) is 29.7 Å². The van der Waals surface area contributed by atoms with Crippen LogP contribution < -0.4 is 5.32 Å². The number of hydrogen-bond donors (Lipinski definition) is 1. The summed E-state index contributed by atoms with van der Waals surface area (Å²) >= 11 is 0. The van der Waals surface area contributed by atoms with Gasteiger partial charge in [-0.1, -0.05) is 71.9 Å². The standard InChI is InChI=1S/C28H26N4O4/c1-19-25(29-27(34)36-18-20-6-4-3-5-7-20)32(31-30-19)24-14-10-22(11-15-24)21-8-12-23(13-9-21)28(16-17-28)26(33)35-2/h3-15H,16-18H2,1-2H3,(H,29,34). The minimum absolute atomic E-state index is 0.168. The van der Waals surface area contributed by atoms with Gasteiger partial charge >= 0.3 is 12.1 Å². The maximum atomic E-state index is 12.4. The van der Waals surface area contributed by atoms with E-state index in [1.165, 1.54) is 7.11 Å². The molecule has 1 heterocycles. The molecule has 3 aromatic carbocycles. The molecule has 4 aromatic rings. The number of rotatable bonds is 7. The molecule has 1 fully saturated rings. The van der Waals surface area contributed by atoms with Gasteiger partial charge in [-0.25, -0.2) is 4.79 Å². The highest BCUT2D eigenvalue weighted by molar-refractivity contribution is 5.87. The number of nitrogens with one attached hydrogen (secondary N) is 1. The number of amides is 1. The van der Waals surface area contributed by atoms with E-state index in [0.29, 0.717) is 11.5 Å². The molecule has 1 aliphatic rings. The summed E-state index contributed by atoms with van der Waals surface area (Å²) in [5, 5.41) is 11.0. The molecule has 1 aromatic heterocycles. The van der Waals surface area contributed by atoms with Crippen molar-refractivity contribution < 1.29 is 19.1 Å². The second-order valence-electron chi connectivity index (χ2n) is 8.82. The Kier molecular flexibility index (Phi) is 6.25. The lowest BCUT2D eigenvalue weighted by Crippen LogP contribution is -2.21. The van der Waals surface area contributed by atoms with Crippen molar-refractivity contribution in [3.8, 4) is 16.8 Å². The molecule has 0 bridgehead atoms. The Hall–Kier alpha value is -4.46. The number of esters is 1. The molecular formula is C28H26N4O4. The first-order chi connectivity index (χ1) is 17.5. The van der Waals surface area contributed by atoms with E-state index in [2.05, 4.69) is 15.6 Å². The van der Waals surface area contributed by atoms with E-state index in [4.69, 9.17) is 9.47 Å². The Morgan fingerprint density at radius 1 is 0.944 bits per heavy atom. The van der Waals surface area contributed by atoms with Gasteiger partial charge in [0.2, 0.25) is 0 Å². The van der Waals surface area contributed by atoms with Crippen molar-refractivity contribution in [1.29, 1.82) is 0 Å². The Labute approximate surface area is 208 Å². The van der Waals surface area contributed by atoms with Crippen molar-refractivity contribution in [2.75, 3.05) is 12.4 Å². The number of benzene rings is 3. The Bertz CT molecular complexity index is 1380. The third kappa shape index (κ3) is 4.57. The van der Waals surface area contributed by atoms with Crippen molar-refractivity contribution in [3.63, 3.8) is 0 Å². The van der Waals surface area contributed by atoms with Crippen LogP contribution in [0.15, 0.2) is 78.9 Å². The van der Waals surface area contributed by atoms with E-state index in [-0.39, 0.29) is 12.6 Å². The number of aromatic nitrogens is 3. The third-order valence-electron chi connectivity index (χ3n) is 6.48. The van der Waals surface area contributed by atoms with E-state index >= 15 is 0 Å². The molecule has 0 spiro atoms. The van der Waals surface area contributed by atoms with Gasteiger partial charge in [-0.3, -0.25) is 10.1 Å². The van der Waals surface area contributed by atoms with Crippen LogP contribution in [0.4, 0.5) is 10.6 Å². The van der Waals surface area contributed by atoms with Gasteiger partial charge < -0.3 is 9.47 Å². The monoisotopic (exact) mass is 482 g/mol. The smallest absolute Gasteiger partial charge is 0.413 e. The summed E-state index contributed by atoms with van der Waals surface area (Å²) in [5.74, 6) is 0.277. The largest absolute Gasteiger partial charge is 0.468 e. The summed E-state index contributed by atoms with van der Waals surface area (Å²) in [4.78, 5) is 24.5. The molecule has 8 heteroatoms. The highest BCUT2D eigenvalue weighted by Gasteiger charge is 2.52. The molecule has 1 aliphatic carbocycles. The zero-order valence-electron chi connectivity index (χ0n) is 20.1. The maximum Gasteiger partial charge on any atom is 0.413 e. The van der Waals surface area contributed by atoms with Gasteiger partial charge in [-0.15, -0.1) is 5.10 Å². The summed E-state index contributed by atoms with van der Waals surface area (Å²) in [7, 11) is 1.43. The van der Waals surface area contributed by atoms with Crippen molar-refractivity contribution in [3.05, 3.63) is 95.7 Å². The molecule has 0 aliphatic heterocycles. The minimum atomic E-state index is -0.581. The molecule has 0 radical (unpaired) electrons. The predicted octanol–water partition coefficient (Wildman–Crippen LogP) is 5.20. The van der Waals surface area contributed by atoms with Gasteiger partial charge in [-0.2, -0.15) is 4.68 Å². The fourth-order valence-corrected chi connectivity index (χ4v) is 4.24. The van der Waals surface area contributed by atoms with Gasteiger partial charge in [0.05, 0.1) is 18.2 Å². The number of carbonyl (C=O) groups excluding carboxylic acids is 2. The van der Waals surface area contributed by atoms with Crippen LogP contribution in [0.2, 0.25) is 0 Å². The molecule has 5 rings (SSSR count). The fourth-order valence-electron chi connectivity index (χ4n) is 4.24. The van der Waals surface area contributed by atoms with Gasteiger partial charge in [0.1, 0.15) is 12.3 Å². The van der Waals surface area contributed by atoms with Gasteiger partial charge in [0.25, 0.3) is 0 Å². The molecule has 0 saturated heterocycles. The number of hydrogen-bond acceptors (Lipinski definition) is 6. The minimum Gasteiger partial charge on any atom is -0.468 e. The molecule has 0 unspecified atom stereocenters. The maximum absolute atomic E-state index is 12.4. The number of carbonyl (C=O) groups is 2. The number of methoxy groups -OCH3 is 1. The van der Waals surface area contributed by atoms with E-state index in [9.17, 15) is 9.59 Å². The number of aryl methyl sites for hydroxylation is 1. The first-order valence-electron chi connectivity index (χ1n) is 11.7. The second kappa shape index (κ2) is 9.65. The van der Waals surface area contributed by atoms with E-state index < -0.39 is 11.5 Å². The number of anilines is 1. The first kappa shape index (κ1) is 23.3. The summed E-state index contributed by atoms with van der Waals surface area (Å²) in [6.45, 7) is 1.94. The summed E-state index contributed by atoms with van der Waals surface area (Å²) < 4.78 is 11.9. The lowest BCUT2D eigenvalue weighted by Gasteiger charge is -2.14. The van der Waals surface area contributed by atoms with Crippen LogP contribution in [0, 0.1) is 6.92 Å². The van der Waals surface area contributed by atoms with Gasteiger partial charge in [0, 0.05) is 0 Å². The second-order valence-corrected chi connectivity index (χ2v) is 8.82. The van der Waals surface area contributed by atoms with Crippen molar-refractivity contribution in [1.82, 2.24) is 15.0 Å². The average molecular weight is 483 g/mol. The fraction of sp³-hybridized carbons (Fsp3) is 0.214. The highest BCUT2D eigenvalue weighted by Crippen LogP contribution is 2.49. The summed E-state index contributed by atoms with van der Waals surface area (Å²) in [5.41, 5.74) is 4.78. The molecule has 0 atom stereocenters. The summed E-state index contributed by atoms with van der Waals surface area (Å²) in [6.07, 6.45) is 1.06. The van der Waals surface area contributed by atoms with Crippen LogP contribution in [-0.4, -0.2) is 34.2 Å². The normalized spacial score (nSPS) is 13.6. The quantitative estimate of drug-likeness (QED) is 0.364. The first-order valence-corrected chi connectivity index (χ1v) is 11.7. The van der Waals surface area contributed by atoms with Gasteiger partial charge in [-0.05, 0) is 54.2 Å². The topological polar surface area (TPSA) is 95.3 Å². The van der Waals surface area contributed by atoms with E-state index in [1.807, 2.05) is 78.9 Å². The molecule has 1 N–H and O–H groups in total. The third-order valence-corrected chi connectivity index (χ3v) is 6.48. The lowest BCUT2D eigenvalue weighted by atomic mass is 9.94. The average Bonchev–Trinajstić information content (AvgIpc) is 3.66. The summed E-state index contributed by atoms with van der Waals surface area (Å²) in [6, 6.07) is 25.3. The highest BCUT2D eigenvalue weighted by atomic mass is 16.5. The van der Waals surface area contributed by atoms with Crippen molar-refractivity contribution >= 4 is 17.9 Å². The lowest BCUT2D eigenvalue weighted by molar-refractivity contribution is -0.143. The van der Waals surface area contributed by atoms with Crippen LogP contribution >= 0.6 is 0 Å². The SMILES string of the molecule is COC(=O)C1(c2ccc(-c3ccc(-n4nnc(C)c4NC(=O)OCc4ccccc4)cc3)cc2)CC1. The Morgan fingerprint density at radius 2 is 1.58 bits per heavy atom. The van der Waals surface area contributed by atoms with Crippen LogP contribution in [-0.2, 0) is 26.3 Å². The van der Waals surface area contributed by atoms with E-state index in [0.717, 1.165) is 40.8 Å². The number of ether oxygens (including phenoxy) is 2. The molecule has 1 amide bonds. The predicted molar refractivity (Wildman–Crippen MR) is 135 cm³/mol. The molecule has 1 saturated carbocycles. The molecule has 36 heavy (non-hydrogen) atoms. The van der Waals surface area contributed by atoms with Crippen molar-refractivity contribution in [2.45, 2.75) is 31.8 Å². The van der Waals surface area contributed by atoms with Crippen molar-refractivity contribution in [2.24, 2.45) is 0 Å². The zero-order valence-corrected chi connectivity index (χ0v) is 20.1. The van der Waals surface area contributed by atoms with Gasteiger partial charge in [0.15, 0.2) is 5.82 Å². The molecule has 182 valence electrons. The number of nitrogens with zero attached hydrogens (tertiary/aromatic N) is 3. The zero-order chi connectivity index (χ0) is 25.1. The van der Waals surface area contributed by atoms with E-state index in [1.54, 1.807) is 11.6 Å². The molecule has 8 nitrogen and oxygen atoms in total. The van der Waals surface area contributed by atoms with Crippen LogP contribution in [0.3, 0.4) is 0 Å². The van der Waals surface area contributed by atoms with Crippen LogP contribution in [0.5, 0.6) is 0 Å². The molecular weight excluding hydrogens is 456 g/mol. The van der Waals surface area contributed by atoms with Crippen LogP contribution in [0.25, 0.3) is 16.8 Å².